The minimum atomic E-state index is -0.168. The molecule has 0 unspecified atom stereocenters. The number of esters is 1. The van der Waals surface area contributed by atoms with Crippen LogP contribution in [-0.4, -0.2) is 43.6 Å². The van der Waals surface area contributed by atoms with Crippen molar-refractivity contribution < 1.29 is 23.5 Å². The van der Waals surface area contributed by atoms with Gasteiger partial charge in [0.15, 0.2) is 17.1 Å². The maximum Gasteiger partial charge on any atom is 0.309 e. The lowest BCUT2D eigenvalue weighted by atomic mass is 9.97. The molecule has 0 saturated carbocycles. The molecule has 1 aromatic heterocycles. The Morgan fingerprint density at radius 2 is 2.04 bits per heavy atom. The van der Waals surface area contributed by atoms with Crippen molar-refractivity contribution in [1.29, 1.82) is 0 Å². The molecule has 0 N–H and O–H groups in total. The smallest absolute Gasteiger partial charge is 0.309 e. The summed E-state index contributed by atoms with van der Waals surface area (Å²) >= 11 is 0. The van der Waals surface area contributed by atoms with Crippen molar-refractivity contribution in [2.75, 3.05) is 26.8 Å². The summed E-state index contributed by atoms with van der Waals surface area (Å²) in [6.45, 7) is 3.23. The first kappa shape index (κ1) is 16.4. The highest BCUT2D eigenvalue weighted by Gasteiger charge is 2.30. The monoisotopic (exact) mass is 331 g/mol. The van der Waals surface area contributed by atoms with Gasteiger partial charge in [0, 0.05) is 18.5 Å². The van der Waals surface area contributed by atoms with Gasteiger partial charge in [-0.1, -0.05) is 12.1 Å². The molecule has 3 rings (SSSR count). The van der Waals surface area contributed by atoms with E-state index in [0.29, 0.717) is 49.6 Å². The third-order valence-electron chi connectivity index (χ3n) is 4.34. The number of rotatable bonds is 4. The number of amides is 1. The number of benzene rings is 1. The van der Waals surface area contributed by atoms with Gasteiger partial charge in [0.05, 0.1) is 19.6 Å². The van der Waals surface area contributed by atoms with Gasteiger partial charge in [-0.3, -0.25) is 9.59 Å². The number of piperidine rings is 1. The van der Waals surface area contributed by atoms with Crippen LogP contribution in [0, 0.1) is 5.92 Å². The van der Waals surface area contributed by atoms with Crippen molar-refractivity contribution in [2.45, 2.75) is 19.8 Å². The van der Waals surface area contributed by atoms with Crippen molar-refractivity contribution in [3.8, 4) is 5.75 Å². The second-order valence-electron chi connectivity index (χ2n) is 5.81. The molecular formula is C18H21NO5. The van der Waals surface area contributed by atoms with Crippen LogP contribution in [0.15, 0.2) is 28.7 Å². The third-order valence-corrected chi connectivity index (χ3v) is 4.34. The second kappa shape index (κ2) is 6.95. The predicted octanol–water partition coefficient (Wildman–Crippen LogP) is 2.86. The van der Waals surface area contributed by atoms with Crippen LogP contribution in [-0.2, 0) is 9.53 Å². The topological polar surface area (TPSA) is 69.0 Å². The van der Waals surface area contributed by atoms with Crippen LogP contribution in [0.5, 0.6) is 5.75 Å². The average molecular weight is 331 g/mol. The Morgan fingerprint density at radius 1 is 1.29 bits per heavy atom. The highest BCUT2D eigenvalue weighted by atomic mass is 16.5. The summed E-state index contributed by atoms with van der Waals surface area (Å²) in [6.07, 6.45) is 1.24. The molecule has 2 aromatic rings. The Balaban J connectivity index is 1.71. The van der Waals surface area contributed by atoms with Crippen LogP contribution in [0.1, 0.15) is 30.3 Å². The molecule has 0 aliphatic carbocycles. The van der Waals surface area contributed by atoms with Gasteiger partial charge in [-0.15, -0.1) is 0 Å². The van der Waals surface area contributed by atoms with E-state index in [-0.39, 0.29) is 17.8 Å². The quantitative estimate of drug-likeness (QED) is 0.806. The van der Waals surface area contributed by atoms with E-state index in [9.17, 15) is 9.59 Å². The number of hydrogen-bond donors (Lipinski definition) is 0. The first-order chi connectivity index (χ1) is 11.6. The minimum absolute atomic E-state index is 0.121. The van der Waals surface area contributed by atoms with Gasteiger partial charge in [-0.25, -0.2) is 0 Å². The SMILES string of the molecule is CCOC(=O)C1CCN(C(=O)c2cc3cccc(OC)c3o2)CC1. The molecule has 0 radical (unpaired) electrons. The molecule has 6 nitrogen and oxygen atoms in total. The van der Waals surface area contributed by atoms with Gasteiger partial charge in [0.2, 0.25) is 0 Å². The number of hydrogen-bond acceptors (Lipinski definition) is 5. The fourth-order valence-corrected chi connectivity index (χ4v) is 3.04. The summed E-state index contributed by atoms with van der Waals surface area (Å²) in [7, 11) is 1.57. The Morgan fingerprint density at radius 3 is 2.71 bits per heavy atom. The third kappa shape index (κ3) is 3.09. The zero-order valence-electron chi connectivity index (χ0n) is 13.9. The largest absolute Gasteiger partial charge is 0.493 e. The summed E-state index contributed by atoms with van der Waals surface area (Å²) < 4.78 is 16.0. The molecule has 0 spiro atoms. The van der Waals surface area contributed by atoms with Crippen LogP contribution in [0.2, 0.25) is 0 Å². The summed E-state index contributed by atoms with van der Waals surface area (Å²) in [4.78, 5) is 26.1. The number of nitrogens with zero attached hydrogens (tertiary/aromatic N) is 1. The van der Waals surface area contributed by atoms with Crippen molar-refractivity contribution in [2.24, 2.45) is 5.92 Å². The molecule has 0 bridgehead atoms. The number of fused-ring (bicyclic) bond motifs is 1. The van der Waals surface area contributed by atoms with Gasteiger partial charge in [-0.2, -0.15) is 0 Å². The normalized spacial score (nSPS) is 15.5. The van der Waals surface area contributed by atoms with E-state index >= 15 is 0 Å². The molecular weight excluding hydrogens is 310 g/mol. The first-order valence-electron chi connectivity index (χ1n) is 8.16. The molecule has 1 saturated heterocycles. The van der Waals surface area contributed by atoms with Crippen molar-refractivity contribution >= 4 is 22.8 Å². The van der Waals surface area contributed by atoms with E-state index in [1.807, 2.05) is 12.1 Å². The Labute approximate surface area is 140 Å². The summed E-state index contributed by atoms with van der Waals surface area (Å²) in [6, 6.07) is 7.27. The molecule has 24 heavy (non-hydrogen) atoms. The molecule has 128 valence electrons. The second-order valence-corrected chi connectivity index (χ2v) is 5.81. The highest BCUT2D eigenvalue weighted by molar-refractivity contribution is 5.97. The van der Waals surface area contributed by atoms with E-state index in [1.165, 1.54) is 0 Å². The van der Waals surface area contributed by atoms with Crippen LogP contribution in [0.3, 0.4) is 0 Å². The van der Waals surface area contributed by atoms with Crippen LogP contribution in [0.4, 0.5) is 0 Å². The summed E-state index contributed by atoms with van der Waals surface area (Å²) in [5.41, 5.74) is 0.574. The lowest BCUT2D eigenvalue weighted by Gasteiger charge is -2.30. The number of carbonyl (C=O) groups excluding carboxylic acids is 2. The van der Waals surface area contributed by atoms with E-state index in [1.54, 1.807) is 31.1 Å². The number of methoxy groups -OCH3 is 1. The summed E-state index contributed by atoms with van der Waals surface area (Å²) in [5.74, 6) is 0.454. The fourth-order valence-electron chi connectivity index (χ4n) is 3.04. The van der Waals surface area contributed by atoms with E-state index in [4.69, 9.17) is 13.9 Å². The first-order valence-corrected chi connectivity index (χ1v) is 8.16. The molecule has 2 heterocycles. The zero-order valence-corrected chi connectivity index (χ0v) is 13.9. The van der Waals surface area contributed by atoms with Crippen molar-refractivity contribution in [1.82, 2.24) is 4.90 Å². The standard InChI is InChI=1S/C18H21NO5/c1-3-23-18(21)12-7-9-19(10-8-12)17(20)15-11-13-5-4-6-14(22-2)16(13)24-15/h4-6,11-12H,3,7-10H2,1-2H3. The fraction of sp³-hybridized carbons (Fsp3) is 0.444. The Hall–Kier alpha value is -2.50. The molecule has 1 fully saturated rings. The van der Waals surface area contributed by atoms with E-state index in [0.717, 1.165) is 5.39 Å². The zero-order chi connectivity index (χ0) is 17.1. The van der Waals surface area contributed by atoms with Gasteiger partial charge < -0.3 is 18.8 Å². The van der Waals surface area contributed by atoms with Crippen LogP contribution >= 0.6 is 0 Å². The van der Waals surface area contributed by atoms with Gasteiger partial charge in [0.1, 0.15) is 0 Å². The maximum atomic E-state index is 12.6. The lowest BCUT2D eigenvalue weighted by molar-refractivity contribution is -0.149. The molecule has 1 aliphatic rings. The number of ether oxygens (including phenoxy) is 2. The Bertz CT molecular complexity index is 743. The molecule has 1 aliphatic heterocycles. The van der Waals surface area contributed by atoms with Crippen molar-refractivity contribution in [3.05, 3.63) is 30.0 Å². The number of likely N-dealkylation sites (tertiary alicyclic amines) is 1. The Kier molecular flexibility index (Phi) is 4.74. The molecule has 1 amide bonds. The van der Waals surface area contributed by atoms with Crippen LogP contribution in [0.25, 0.3) is 11.0 Å². The van der Waals surface area contributed by atoms with Gasteiger partial charge in [0.25, 0.3) is 5.91 Å². The van der Waals surface area contributed by atoms with E-state index in [2.05, 4.69) is 0 Å². The molecule has 1 aromatic carbocycles. The predicted molar refractivity (Wildman–Crippen MR) is 88.0 cm³/mol. The van der Waals surface area contributed by atoms with Gasteiger partial charge >= 0.3 is 5.97 Å². The van der Waals surface area contributed by atoms with Gasteiger partial charge in [-0.05, 0) is 31.9 Å². The molecule has 0 atom stereocenters. The van der Waals surface area contributed by atoms with Crippen LogP contribution < -0.4 is 4.74 Å². The molecule has 6 heteroatoms. The number of furan rings is 1. The minimum Gasteiger partial charge on any atom is -0.493 e. The number of carbonyl (C=O) groups is 2. The maximum absolute atomic E-state index is 12.6. The summed E-state index contributed by atoms with van der Waals surface area (Å²) in [5, 5.41) is 0.833. The lowest BCUT2D eigenvalue weighted by Crippen LogP contribution is -2.40. The average Bonchev–Trinajstić information content (AvgIpc) is 3.05. The highest BCUT2D eigenvalue weighted by Crippen LogP contribution is 2.29. The van der Waals surface area contributed by atoms with E-state index < -0.39 is 0 Å². The number of para-hydroxylation sites is 1. The van der Waals surface area contributed by atoms with Crippen molar-refractivity contribution in [3.63, 3.8) is 0 Å².